The van der Waals surface area contributed by atoms with Gasteiger partial charge in [0.1, 0.15) is 0 Å². The fraction of sp³-hybridized carbons (Fsp3) is 0.500. The number of nitrogens with zero attached hydrogens (tertiary/aromatic N) is 1. The van der Waals surface area contributed by atoms with Crippen LogP contribution in [0.4, 0.5) is 0 Å². The molecule has 0 aliphatic carbocycles. The standard InChI is InChI=1S/C8H13NO/c1-7-4-5-8(10-3)9(2)6-7/h4-5H,6H2,1-3H3. The molecular formula is C8H13NO. The molecule has 2 heteroatoms. The number of likely N-dealkylation sites (N-methyl/N-ethyl adjacent to an activating group) is 1. The zero-order valence-electron chi connectivity index (χ0n) is 6.72. The number of hydrogen-bond donors (Lipinski definition) is 0. The van der Waals surface area contributed by atoms with Crippen LogP contribution < -0.4 is 0 Å². The minimum atomic E-state index is 0.936. The summed E-state index contributed by atoms with van der Waals surface area (Å²) in [6.07, 6.45) is 4.07. The largest absolute Gasteiger partial charge is 0.482 e. The van der Waals surface area contributed by atoms with Crippen LogP contribution >= 0.6 is 0 Å². The summed E-state index contributed by atoms with van der Waals surface area (Å²) < 4.78 is 5.09. The Morgan fingerprint density at radius 1 is 1.50 bits per heavy atom. The molecule has 1 heterocycles. The molecule has 0 saturated carbocycles. The van der Waals surface area contributed by atoms with Crippen molar-refractivity contribution < 1.29 is 4.74 Å². The van der Waals surface area contributed by atoms with Crippen LogP contribution in [-0.4, -0.2) is 25.6 Å². The van der Waals surface area contributed by atoms with E-state index in [1.807, 2.05) is 13.1 Å². The predicted octanol–water partition coefficient (Wildman–Crippen LogP) is 1.37. The second-order valence-electron chi connectivity index (χ2n) is 2.58. The number of hydrogen-bond acceptors (Lipinski definition) is 2. The van der Waals surface area contributed by atoms with Crippen molar-refractivity contribution in [3.63, 3.8) is 0 Å². The number of allylic oxidation sites excluding steroid dienone is 2. The molecule has 1 aliphatic heterocycles. The maximum atomic E-state index is 5.09. The Bertz CT molecular complexity index is 182. The van der Waals surface area contributed by atoms with Gasteiger partial charge in [-0.2, -0.15) is 0 Å². The van der Waals surface area contributed by atoms with E-state index in [4.69, 9.17) is 4.74 Å². The van der Waals surface area contributed by atoms with Gasteiger partial charge in [-0.25, -0.2) is 0 Å². The minimum Gasteiger partial charge on any atom is -0.482 e. The summed E-state index contributed by atoms with van der Waals surface area (Å²) in [5, 5.41) is 0. The normalized spacial score (nSPS) is 18.1. The molecule has 0 atom stereocenters. The van der Waals surface area contributed by atoms with E-state index in [0.717, 1.165) is 12.4 Å². The quantitative estimate of drug-likeness (QED) is 0.544. The van der Waals surface area contributed by atoms with Gasteiger partial charge < -0.3 is 9.64 Å². The summed E-state index contributed by atoms with van der Waals surface area (Å²) in [5.41, 5.74) is 1.36. The van der Waals surface area contributed by atoms with Gasteiger partial charge >= 0.3 is 0 Å². The third-order valence-electron chi connectivity index (χ3n) is 1.58. The molecule has 0 spiro atoms. The topological polar surface area (TPSA) is 12.5 Å². The van der Waals surface area contributed by atoms with Crippen molar-refractivity contribution in [2.75, 3.05) is 20.7 Å². The number of ether oxygens (including phenoxy) is 1. The fourth-order valence-electron chi connectivity index (χ4n) is 1.07. The molecule has 0 N–H and O–H groups in total. The van der Waals surface area contributed by atoms with Gasteiger partial charge in [0.15, 0.2) is 5.88 Å². The van der Waals surface area contributed by atoms with E-state index < -0.39 is 0 Å². The van der Waals surface area contributed by atoms with E-state index in [1.165, 1.54) is 5.57 Å². The molecule has 10 heavy (non-hydrogen) atoms. The first-order valence-corrected chi connectivity index (χ1v) is 3.36. The maximum Gasteiger partial charge on any atom is 0.188 e. The van der Waals surface area contributed by atoms with E-state index in [2.05, 4.69) is 17.9 Å². The molecule has 56 valence electrons. The van der Waals surface area contributed by atoms with Crippen LogP contribution in [0, 0.1) is 0 Å². The van der Waals surface area contributed by atoms with Gasteiger partial charge in [0.05, 0.1) is 7.11 Å². The van der Waals surface area contributed by atoms with Crippen molar-refractivity contribution in [1.29, 1.82) is 0 Å². The van der Waals surface area contributed by atoms with E-state index in [9.17, 15) is 0 Å². The average molecular weight is 139 g/mol. The smallest absolute Gasteiger partial charge is 0.188 e. The first-order valence-electron chi connectivity index (χ1n) is 3.36. The van der Waals surface area contributed by atoms with Crippen LogP contribution in [0.5, 0.6) is 0 Å². The number of rotatable bonds is 1. The monoisotopic (exact) mass is 139 g/mol. The Morgan fingerprint density at radius 2 is 2.20 bits per heavy atom. The molecule has 0 amide bonds. The van der Waals surface area contributed by atoms with Crippen molar-refractivity contribution in [1.82, 2.24) is 4.90 Å². The van der Waals surface area contributed by atoms with Gasteiger partial charge in [0.2, 0.25) is 0 Å². The lowest BCUT2D eigenvalue weighted by molar-refractivity contribution is 0.179. The van der Waals surface area contributed by atoms with Gasteiger partial charge in [0, 0.05) is 13.6 Å². The van der Waals surface area contributed by atoms with Gasteiger partial charge in [-0.05, 0) is 13.0 Å². The molecule has 0 bridgehead atoms. The molecule has 0 aromatic rings. The lowest BCUT2D eigenvalue weighted by atomic mass is 10.2. The van der Waals surface area contributed by atoms with Crippen LogP contribution in [0.1, 0.15) is 6.92 Å². The van der Waals surface area contributed by atoms with Crippen LogP contribution in [0.3, 0.4) is 0 Å². The predicted molar refractivity (Wildman–Crippen MR) is 41.5 cm³/mol. The zero-order chi connectivity index (χ0) is 7.56. The molecule has 0 fully saturated rings. The molecule has 1 rings (SSSR count). The summed E-state index contributed by atoms with van der Waals surface area (Å²) >= 11 is 0. The third-order valence-corrected chi connectivity index (χ3v) is 1.58. The highest BCUT2D eigenvalue weighted by atomic mass is 16.5. The van der Waals surface area contributed by atoms with Crippen molar-refractivity contribution >= 4 is 0 Å². The Balaban J connectivity index is 2.71. The number of methoxy groups -OCH3 is 1. The third kappa shape index (κ3) is 1.32. The SMILES string of the molecule is COC1=CC=C(C)CN1C. The first kappa shape index (κ1) is 7.19. The Labute approximate surface area is 61.8 Å². The van der Waals surface area contributed by atoms with Crippen molar-refractivity contribution in [3.8, 4) is 0 Å². The Hall–Kier alpha value is -0.920. The van der Waals surface area contributed by atoms with Gasteiger partial charge in [-0.3, -0.25) is 0 Å². The van der Waals surface area contributed by atoms with Crippen molar-refractivity contribution in [3.05, 3.63) is 23.6 Å². The van der Waals surface area contributed by atoms with E-state index in [0.29, 0.717) is 0 Å². The van der Waals surface area contributed by atoms with Gasteiger partial charge in [0.25, 0.3) is 0 Å². The second-order valence-corrected chi connectivity index (χ2v) is 2.58. The average Bonchev–Trinajstić information content (AvgIpc) is 1.88. The van der Waals surface area contributed by atoms with E-state index >= 15 is 0 Å². The maximum absolute atomic E-state index is 5.09. The highest BCUT2D eigenvalue weighted by Gasteiger charge is 2.07. The molecule has 0 radical (unpaired) electrons. The highest BCUT2D eigenvalue weighted by Crippen LogP contribution is 2.11. The van der Waals surface area contributed by atoms with Crippen molar-refractivity contribution in [2.24, 2.45) is 0 Å². The van der Waals surface area contributed by atoms with Gasteiger partial charge in [-0.15, -0.1) is 0 Å². The van der Waals surface area contributed by atoms with Crippen molar-refractivity contribution in [2.45, 2.75) is 6.92 Å². The van der Waals surface area contributed by atoms with E-state index in [-0.39, 0.29) is 0 Å². The van der Waals surface area contributed by atoms with E-state index in [1.54, 1.807) is 7.11 Å². The molecular weight excluding hydrogens is 126 g/mol. The summed E-state index contributed by atoms with van der Waals surface area (Å²) in [7, 11) is 3.71. The first-order chi connectivity index (χ1) is 4.74. The van der Waals surface area contributed by atoms with Crippen LogP contribution in [-0.2, 0) is 4.74 Å². The lowest BCUT2D eigenvalue weighted by Crippen LogP contribution is -2.23. The van der Waals surface area contributed by atoms with Crippen LogP contribution in [0.25, 0.3) is 0 Å². The summed E-state index contributed by atoms with van der Waals surface area (Å²) in [5.74, 6) is 0.936. The van der Waals surface area contributed by atoms with Crippen LogP contribution in [0.2, 0.25) is 0 Å². The fourth-order valence-corrected chi connectivity index (χ4v) is 1.07. The molecule has 2 nitrogen and oxygen atoms in total. The van der Waals surface area contributed by atoms with Gasteiger partial charge in [-0.1, -0.05) is 11.6 Å². The summed E-state index contributed by atoms with van der Waals surface area (Å²) in [6, 6.07) is 0. The molecule has 1 aliphatic rings. The lowest BCUT2D eigenvalue weighted by Gasteiger charge is -2.23. The Morgan fingerprint density at radius 3 is 2.70 bits per heavy atom. The van der Waals surface area contributed by atoms with Crippen LogP contribution in [0.15, 0.2) is 23.6 Å². The molecule has 0 unspecified atom stereocenters. The summed E-state index contributed by atoms with van der Waals surface area (Å²) in [6.45, 7) is 3.08. The summed E-state index contributed by atoms with van der Waals surface area (Å²) in [4.78, 5) is 2.08. The second kappa shape index (κ2) is 2.78. The molecule has 0 saturated heterocycles. The Kier molecular flexibility index (Phi) is 2.00. The highest BCUT2D eigenvalue weighted by molar-refractivity contribution is 5.19. The minimum absolute atomic E-state index is 0.936. The molecule has 0 aromatic carbocycles. The zero-order valence-corrected chi connectivity index (χ0v) is 6.72. The molecule has 0 aromatic heterocycles.